The van der Waals surface area contributed by atoms with Gasteiger partial charge in [-0.25, -0.2) is 9.97 Å². The zero-order valence-electron chi connectivity index (χ0n) is 15.5. The molecule has 1 aromatic heterocycles. The largest absolute Gasteiger partial charge is 0.378 e. The summed E-state index contributed by atoms with van der Waals surface area (Å²) in [5.74, 6) is 0.369. The van der Waals surface area contributed by atoms with Gasteiger partial charge < -0.3 is 15.5 Å². The molecule has 0 atom stereocenters. The van der Waals surface area contributed by atoms with E-state index in [1.54, 1.807) is 6.20 Å². The number of amides is 1. The van der Waals surface area contributed by atoms with Crippen LogP contribution in [-0.2, 0) is 6.42 Å². The molecule has 0 aliphatic rings. The van der Waals surface area contributed by atoms with Crippen molar-refractivity contribution in [1.29, 1.82) is 0 Å². The number of anilines is 3. The van der Waals surface area contributed by atoms with Gasteiger partial charge in [-0.3, -0.25) is 4.79 Å². The van der Waals surface area contributed by atoms with Crippen LogP contribution in [-0.4, -0.2) is 36.5 Å². The minimum Gasteiger partial charge on any atom is -0.378 e. The van der Waals surface area contributed by atoms with Crippen LogP contribution >= 0.6 is 0 Å². The van der Waals surface area contributed by atoms with E-state index in [1.165, 1.54) is 11.8 Å². The van der Waals surface area contributed by atoms with Gasteiger partial charge in [0.05, 0.1) is 12.4 Å². The van der Waals surface area contributed by atoms with E-state index in [1.807, 2.05) is 73.6 Å². The molecule has 0 unspecified atom stereocenters. The summed E-state index contributed by atoms with van der Waals surface area (Å²) in [5.41, 5.74) is 3.52. The number of hydrogen-bond acceptors (Lipinski definition) is 5. The Morgan fingerprint density at radius 3 is 2.33 bits per heavy atom. The van der Waals surface area contributed by atoms with Crippen molar-refractivity contribution < 1.29 is 4.79 Å². The fourth-order valence-corrected chi connectivity index (χ4v) is 2.56. The van der Waals surface area contributed by atoms with Crippen molar-refractivity contribution >= 4 is 23.1 Å². The van der Waals surface area contributed by atoms with Gasteiger partial charge >= 0.3 is 0 Å². The highest BCUT2D eigenvalue weighted by Crippen LogP contribution is 2.18. The lowest BCUT2D eigenvalue weighted by atomic mass is 10.1. The zero-order chi connectivity index (χ0) is 19.1. The Hall–Kier alpha value is -3.41. The number of nitrogens with zero attached hydrogens (tertiary/aromatic N) is 3. The van der Waals surface area contributed by atoms with Gasteiger partial charge in [0, 0.05) is 32.0 Å². The molecule has 0 fully saturated rings. The summed E-state index contributed by atoms with van der Waals surface area (Å²) >= 11 is 0. The topological polar surface area (TPSA) is 70.2 Å². The van der Waals surface area contributed by atoms with E-state index in [0.717, 1.165) is 17.8 Å². The molecular weight excluding hydrogens is 338 g/mol. The van der Waals surface area contributed by atoms with Crippen LogP contribution in [0.5, 0.6) is 0 Å². The van der Waals surface area contributed by atoms with Gasteiger partial charge in [0.1, 0.15) is 11.5 Å². The molecule has 0 saturated heterocycles. The SMILES string of the molecule is CN(C)c1ccc(Nc2cnc(C(=O)NCCc3ccccc3)cn2)cc1. The van der Waals surface area contributed by atoms with Gasteiger partial charge in [-0.05, 0) is 36.2 Å². The van der Waals surface area contributed by atoms with Crippen LogP contribution in [0.15, 0.2) is 67.0 Å². The van der Waals surface area contributed by atoms with Gasteiger partial charge in [-0.2, -0.15) is 0 Å². The van der Waals surface area contributed by atoms with Crippen LogP contribution in [0.4, 0.5) is 17.2 Å². The van der Waals surface area contributed by atoms with E-state index in [4.69, 9.17) is 0 Å². The maximum Gasteiger partial charge on any atom is 0.271 e. The smallest absolute Gasteiger partial charge is 0.271 e. The lowest BCUT2D eigenvalue weighted by Gasteiger charge is -2.13. The monoisotopic (exact) mass is 361 g/mol. The molecule has 0 spiro atoms. The Bertz CT molecular complexity index is 861. The van der Waals surface area contributed by atoms with E-state index in [-0.39, 0.29) is 5.91 Å². The average molecular weight is 361 g/mol. The van der Waals surface area contributed by atoms with Gasteiger partial charge in [0.2, 0.25) is 0 Å². The lowest BCUT2D eigenvalue weighted by molar-refractivity contribution is 0.0949. The third kappa shape index (κ3) is 5.28. The fourth-order valence-electron chi connectivity index (χ4n) is 2.56. The maximum atomic E-state index is 12.2. The first kappa shape index (κ1) is 18.4. The molecular formula is C21H23N5O. The molecule has 6 nitrogen and oxygen atoms in total. The highest BCUT2D eigenvalue weighted by atomic mass is 16.1. The number of aromatic nitrogens is 2. The Labute approximate surface area is 159 Å². The van der Waals surface area contributed by atoms with E-state index >= 15 is 0 Å². The van der Waals surface area contributed by atoms with Crippen molar-refractivity contribution in [2.24, 2.45) is 0 Å². The summed E-state index contributed by atoms with van der Waals surface area (Å²) < 4.78 is 0. The predicted octanol–water partition coefficient (Wildman–Crippen LogP) is 3.26. The molecule has 2 aromatic carbocycles. The Balaban J connectivity index is 1.52. The molecule has 1 heterocycles. The quantitative estimate of drug-likeness (QED) is 0.676. The number of benzene rings is 2. The Morgan fingerprint density at radius 2 is 1.70 bits per heavy atom. The van der Waals surface area contributed by atoms with Crippen molar-refractivity contribution in [3.8, 4) is 0 Å². The molecule has 0 aliphatic carbocycles. The number of nitrogens with one attached hydrogen (secondary N) is 2. The van der Waals surface area contributed by atoms with Crippen molar-refractivity contribution in [2.75, 3.05) is 30.9 Å². The van der Waals surface area contributed by atoms with Crippen LogP contribution in [0.3, 0.4) is 0 Å². The number of hydrogen-bond donors (Lipinski definition) is 2. The number of rotatable bonds is 7. The third-order valence-corrected chi connectivity index (χ3v) is 4.08. The Kier molecular flexibility index (Phi) is 5.99. The van der Waals surface area contributed by atoms with E-state index < -0.39 is 0 Å². The summed E-state index contributed by atoms with van der Waals surface area (Å²) in [4.78, 5) is 22.7. The van der Waals surface area contributed by atoms with Crippen LogP contribution in [0, 0.1) is 0 Å². The number of carbonyl (C=O) groups excluding carboxylic acids is 1. The van der Waals surface area contributed by atoms with E-state index in [2.05, 4.69) is 20.6 Å². The molecule has 2 N–H and O–H groups in total. The highest BCUT2D eigenvalue weighted by molar-refractivity contribution is 5.92. The molecule has 27 heavy (non-hydrogen) atoms. The van der Waals surface area contributed by atoms with Crippen molar-refractivity contribution in [3.63, 3.8) is 0 Å². The van der Waals surface area contributed by atoms with Crippen LogP contribution in [0.25, 0.3) is 0 Å². The molecule has 3 rings (SSSR count). The molecule has 6 heteroatoms. The molecule has 0 radical (unpaired) electrons. The molecule has 0 bridgehead atoms. The van der Waals surface area contributed by atoms with Crippen LogP contribution < -0.4 is 15.5 Å². The van der Waals surface area contributed by atoms with Crippen molar-refractivity contribution in [3.05, 3.63) is 78.2 Å². The molecule has 138 valence electrons. The molecule has 0 saturated carbocycles. The summed E-state index contributed by atoms with van der Waals surface area (Å²) in [5, 5.41) is 6.04. The first-order chi connectivity index (χ1) is 13.1. The van der Waals surface area contributed by atoms with Crippen molar-refractivity contribution in [1.82, 2.24) is 15.3 Å². The zero-order valence-corrected chi connectivity index (χ0v) is 15.5. The average Bonchev–Trinajstić information content (AvgIpc) is 2.70. The van der Waals surface area contributed by atoms with E-state index in [0.29, 0.717) is 18.1 Å². The van der Waals surface area contributed by atoms with Crippen LogP contribution in [0.1, 0.15) is 16.1 Å². The van der Waals surface area contributed by atoms with Crippen molar-refractivity contribution in [2.45, 2.75) is 6.42 Å². The fraction of sp³-hybridized carbons (Fsp3) is 0.190. The molecule has 0 aliphatic heterocycles. The summed E-state index contributed by atoms with van der Waals surface area (Å²) in [6.07, 6.45) is 3.82. The first-order valence-corrected chi connectivity index (χ1v) is 8.80. The van der Waals surface area contributed by atoms with Crippen LogP contribution in [0.2, 0.25) is 0 Å². The second-order valence-electron chi connectivity index (χ2n) is 6.34. The normalized spacial score (nSPS) is 10.3. The molecule has 1 amide bonds. The minimum atomic E-state index is -0.222. The van der Waals surface area contributed by atoms with Gasteiger partial charge in [0.15, 0.2) is 0 Å². The summed E-state index contributed by atoms with van der Waals surface area (Å²) in [7, 11) is 4.00. The van der Waals surface area contributed by atoms with Gasteiger partial charge in [0.25, 0.3) is 5.91 Å². The third-order valence-electron chi connectivity index (χ3n) is 4.08. The van der Waals surface area contributed by atoms with Gasteiger partial charge in [-0.15, -0.1) is 0 Å². The highest BCUT2D eigenvalue weighted by Gasteiger charge is 2.08. The Morgan fingerprint density at radius 1 is 0.963 bits per heavy atom. The minimum absolute atomic E-state index is 0.222. The summed E-state index contributed by atoms with van der Waals surface area (Å²) in [6.45, 7) is 0.558. The first-order valence-electron chi connectivity index (χ1n) is 8.80. The van der Waals surface area contributed by atoms with Gasteiger partial charge in [-0.1, -0.05) is 30.3 Å². The number of carbonyl (C=O) groups is 1. The second kappa shape index (κ2) is 8.80. The van der Waals surface area contributed by atoms with E-state index in [9.17, 15) is 4.79 Å². The lowest BCUT2D eigenvalue weighted by Crippen LogP contribution is -2.26. The summed E-state index contributed by atoms with van der Waals surface area (Å²) in [6, 6.07) is 18.0. The second-order valence-corrected chi connectivity index (χ2v) is 6.34. The predicted molar refractivity (Wildman–Crippen MR) is 109 cm³/mol. The standard InChI is InChI=1S/C21H23N5O/c1-26(2)18-10-8-17(9-11-18)25-20-15-23-19(14-24-20)21(27)22-13-12-16-6-4-3-5-7-16/h3-11,14-15H,12-13H2,1-2H3,(H,22,27)(H,24,25). The molecule has 3 aromatic rings. The maximum absolute atomic E-state index is 12.2.